The maximum Gasteiger partial charge on any atom is 0.0468 e. The van der Waals surface area contributed by atoms with E-state index in [-0.39, 0.29) is 11.5 Å². The van der Waals surface area contributed by atoms with E-state index in [0.29, 0.717) is 0 Å². The minimum Gasteiger partial charge on any atom is -0.381 e. The monoisotopic (exact) mass is 261 g/mol. The minimum absolute atomic E-state index is 0.151. The molecule has 1 aromatic carbocycles. The van der Waals surface area contributed by atoms with Crippen LogP contribution in [0.2, 0.25) is 0 Å². The van der Waals surface area contributed by atoms with E-state index in [9.17, 15) is 0 Å². The summed E-state index contributed by atoms with van der Waals surface area (Å²) in [5, 5.41) is 0. The molecule has 1 unspecified atom stereocenters. The molecule has 0 spiro atoms. The summed E-state index contributed by atoms with van der Waals surface area (Å²) in [5.74, 6) is 0.719. The quantitative estimate of drug-likeness (QED) is 0.898. The number of ether oxygens (including phenoxy) is 1. The van der Waals surface area contributed by atoms with E-state index in [0.717, 1.165) is 38.4 Å². The van der Waals surface area contributed by atoms with Gasteiger partial charge < -0.3 is 10.5 Å². The third kappa shape index (κ3) is 3.80. The highest BCUT2D eigenvalue weighted by Crippen LogP contribution is 2.32. The smallest absolute Gasteiger partial charge is 0.0468 e. The number of nitrogens with two attached hydrogens (primary N) is 1. The van der Waals surface area contributed by atoms with Gasteiger partial charge in [0.25, 0.3) is 0 Å². The molecule has 2 heteroatoms. The number of rotatable bonds is 3. The molecule has 0 bridgehead atoms. The van der Waals surface area contributed by atoms with E-state index in [1.807, 2.05) is 0 Å². The Kier molecular flexibility index (Phi) is 4.64. The first-order chi connectivity index (χ1) is 8.98. The Morgan fingerprint density at radius 2 is 1.84 bits per heavy atom. The lowest BCUT2D eigenvalue weighted by Crippen LogP contribution is -2.24. The first-order valence-electron chi connectivity index (χ1n) is 7.41. The molecule has 0 saturated carbocycles. The molecule has 1 aliphatic heterocycles. The van der Waals surface area contributed by atoms with Crippen LogP contribution in [-0.2, 0) is 10.2 Å². The molecular weight excluding hydrogens is 234 g/mol. The molecule has 2 rings (SSSR count). The zero-order chi connectivity index (χ0) is 13.9. The number of hydrogen-bond donors (Lipinski definition) is 1. The average Bonchev–Trinajstić information content (AvgIpc) is 2.39. The molecule has 1 aliphatic rings. The van der Waals surface area contributed by atoms with Crippen LogP contribution in [0.25, 0.3) is 0 Å². The van der Waals surface area contributed by atoms with Gasteiger partial charge in [-0.25, -0.2) is 0 Å². The average molecular weight is 261 g/mol. The van der Waals surface area contributed by atoms with Crippen LogP contribution in [0.3, 0.4) is 0 Å². The molecule has 2 nitrogen and oxygen atoms in total. The summed E-state index contributed by atoms with van der Waals surface area (Å²) in [4.78, 5) is 0. The first kappa shape index (κ1) is 14.5. The predicted octanol–water partition coefficient (Wildman–Crippen LogP) is 3.80. The first-order valence-corrected chi connectivity index (χ1v) is 7.41. The van der Waals surface area contributed by atoms with Crippen LogP contribution in [0.4, 0.5) is 0 Å². The van der Waals surface area contributed by atoms with Crippen molar-refractivity contribution in [2.75, 3.05) is 13.2 Å². The molecule has 1 fully saturated rings. The predicted molar refractivity (Wildman–Crippen MR) is 80.2 cm³/mol. The van der Waals surface area contributed by atoms with E-state index in [1.165, 1.54) is 11.1 Å². The van der Waals surface area contributed by atoms with Gasteiger partial charge in [0.2, 0.25) is 0 Å². The van der Waals surface area contributed by atoms with Crippen LogP contribution in [0.5, 0.6) is 0 Å². The summed E-state index contributed by atoms with van der Waals surface area (Å²) in [6.07, 6.45) is 3.40. The maximum absolute atomic E-state index is 6.48. The zero-order valence-electron chi connectivity index (χ0n) is 12.5. The van der Waals surface area contributed by atoms with E-state index in [4.69, 9.17) is 10.5 Å². The molecule has 1 aromatic rings. The van der Waals surface area contributed by atoms with Crippen molar-refractivity contribution in [2.24, 2.45) is 11.7 Å². The summed E-state index contributed by atoms with van der Waals surface area (Å²) >= 11 is 0. The second-order valence-corrected chi connectivity index (χ2v) is 6.74. The Balaban J connectivity index is 2.12. The van der Waals surface area contributed by atoms with Crippen molar-refractivity contribution in [2.45, 2.75) is 51.5 Å². The summed E-state index contributed by atoms with van der Waals surface area (Å²) in [7, 11) is 0. The van der Waals surface area contributed by atoms with Crippen LogP contribution in [0.1, 0.15) is 57.2 Å². The second-order valence-electron chi connectivity index (χ2n) is 6.74. The van der Waals surface area contributed by atoms with Gasteiger partial charge in [0.05, 0.1) is 0 Å². The fraction of sp³-hybridized carbons (Fsp3) is 0.647. The minimum atomic E-state index is 0.151. The molecule has 106 valence electrons. The molecule has 1 saturated heterocycles. The Morgan fingerprint density at radius 1 is 1.21 bits per heavy atom. The molecular formula is C17H27NO. The summed E-state index contributed by atoms with van der Waals surface area (Å²) in [5.41, 5.74) is 9.34. The van der Waals surface area contributed by atoms with Crippen LogP contribution in [-0.4, -0.2) is 13.2 Å². The highest BCUT2D eigenvalue weighted by atomic mass is 16.5. The molecule has 19 heavy (non-hydrogen) atoms. The van der Waals surface area contributed by atoms with Crippen molar-refractivity contribution >= 4 is 0 Å². The third-order valence-corrected chi connectivity index (χ3v) is 4.10. The normalized spacial score (nSPS) is 19.4. The summed E-state index contributed by atoms with van der Waals surface area (Å²) in [6, 6.07) is 8.79. The Bertz CT molecular complexity index is 402. The SMILES string of the molecule is CC(C)(C)c1ccccc1C(N)CC1CCOCC1. The van der Waals surface area contributed by atoms with Crippen molar-refractivity contribution in [1.82, 2.24) is 0 Å². The van der Waals surface area contributed by atoms with Crippen molar-refractivity contribution in [3.05, 3.63) is 35.4 Å². The second kappa shape index (κ2) is 6.06. The van der Waals surface area contributed by atoms with Gasteiger partial charge in [-0.15, -0.1) is 0 Å². The fourth-order valence-electron chi connectivity index (χ4n) is 2.97. The standard InChI is InChI=1S/C17H27NO/c1-17(2,3)15-7-5-4-6-14(15)16(18)12-13-8-10-19-11-9-13/h4-7,13,16H,8-12,18H2,1-3H3. The van der Waals surface area contributed by atoms with E-state index < -0.39 is 0 Å². The number of benzene rings is 1. The van der Waals surface area contributed by atoms with E-state index >= 15 is 0 Å². The molecule has 0 radical (unpaired) electrons. The third-order valence-electron chi connectivity index (χ3n) is 4.10. The van der Waals surface area contributed by atoms with Crippen LogP contribution >= 0.6 is 0 Å². The molecule has 0 aliphatic carbocycles. The lowest BCUT2D eigenvalue weighted by atomic mass is 9.80. The lowest BCUT2D eigenvalue weighted by molar-refractivity contribution is 0.0618. The maximum atomic E-state index is 6.48. The molecule has 1 atom stereocenters. The Hall–Kier alpha value is -0.860. The van der Waals surface area contributed by atoms with E-state index in [2.05, 4.69) is 45.0 Å². The van der Waals surface area contributed by atoms with Gasteiger partial charge in [-0.2, -0.15) is 0 Å². The van der Waals surface area contributed by atoms with Crippen molar-refractivity contribution < 1.29 is 4.74 Å². The van der Waals surface area contributed by atoms with Gasteiger partial charge in [-0.05, 0) is 41.7 Å². The topological polar surface area (TPSA) is 35.2 Å². The van der Waals surface area contributed by atoms with Crippen LogP contribution in [0.15, 0.2) is 24.3 Å². The van der Waals surface area contributed by atoms with Crippen LogP contribution in [0, 0.1) is 5.92 Å². The van der Waals surface area contributed by atoms with Gasteiger partial charge in [-0.1, -0.05) is 45.0 Å². The van der Waals surface area contributed by atoms with Gasteiger partial charge in [-0.3, -0.25) is 0 Å². The van der Waals surface area contributed by atoms with Crippen LogP contribution < -0.4 is 5.73 Å². The van der Waals surface area contributed by atoms with Crippen molar-refractivity contribution in [1.29, 1.82) is 0 Å². The molecule has 0 amide bonds. The highest BCUT2D eigenvalue weighted by Gasteiger charge is 2.23. The van der Waals surface area contributed by atoms with Crippen molar-refractivity contribution in [3.8, 4) is 0 Å². The zero-order valence-corrected chi connectivity index (χ0v) is 12.5. The van der Waals surface area contributed by atoms with Gasteiger partial charge >= 0.3 is 0 Å². The Morgan fingerprint density at radius 3 is 2.47 bits per heavy atom. The fourth-order valence-corrected chi connectivity index (χ4v) is 2.97. The van der Waals surface area contributed by atoms with Gasteiger partial charge in [0, 0.05) is 19.3 Å². The summed E-state index contributed by atoms with van der Waals surface area (Å²) < 4.78 is 5.42. The molecule has 2 N–H and O–H groups in total. The van der Waals surface area contributed by atoms with E-state index in [1.54, 1.807) is 0 Å². The lowest BCUT2D eigenvalue weighted by Gasteiger charge is -2.29. The number of hydrogen-bond acceptors (Lipinski definition) is 2. The summed E-state index contributed by atoms with van der Waals surface area (Å²) in [6.45, 7) is 8.57. The van der Waals surface area contributed by atoms with Crippen molar-refractivity contribution in [3.63, 3.8) is 0 Å². The van der Waals surface area contributed by atoms with Gasteiger partial charge in [0.15, 0.2) is 0 Å². The van der Waals surface area contributed by atoms with Gasteiger partial charge in [0.1, 0.15) is 0 Å². The Labute approximate surface area is 117 Å². The molecule has 1 heterocycles. The molecule has 0 aromatic heterocycles. The largest absolute Gasteiger partial charge is 0.381 e. The highest BCUT2D eigenvalue weighted by molar-refractivity contribution is 5.35.